The fourth-order valence-corrected chi connectivity index (χ4v) is 4.00. The number of carbonyl (C=O) groups is 2. The second-order valence-electron chi connectivity index (χ2n) is 7.08. The summed E-state index contributed by atoms with van der Waals surface area (Å²) < 4.78 is 22.0. The molecule has 0 radical (unpaired) electrons. The minimum absolute atomic E-state index is 0.188. The zero-order chi connectivity index (χ0) is 19.4. The van der Waals surface area contributed by atoms with Crippen molar-refractivity contribution in [3.8, 4) is 5.69 Å². The molecular formula is C20H17FN4O3. The van der Waals surface area contributed by atoms with Crippen molar-refractivity contribution >= 4 is 28.6 Å². The molecule has 2 amide bonds. The van der Waals surface area contributed by atoms with E-state index in [1.165, 1.54) is 17.9 Å². The van der Waals surface area contributed by atoms with Gasteiger partial charge in [-0.15, -0.1) is 0 Å². The molecule has 0 aliphatic carbocycles. The van der Waals surface area contributed by atoms with Crippen LogP contribution in [0.4, 0.5) is 14.9 Å². The second-order valence-corrected chi connectivity index (χ2v) is 7.08. The van der Waals surface area contributed by atoms with E-state index in [2.05, 4.69) is 10.3 Å². The summed E-state index contributed by atoms with van der Waals surface area (Å²) in [5.74, 6) is -0.621. The van der Waals surface area contributed by atoms with Crippen LogP contribution in [-0.2, 0) is 16.0 Å². The summed E-state index contributed by atoms with van der Waals surface area (Å²) in [5.41, 5.74) is 2.58. The van der Waals surface area contributed by atoms with Gasteiger partial charge >= 0.3 is 6.09 Å². The van der Waals surface area contributed by atoms with Gasteiger partial charge in [0.05, 0.1) is 29.5 Å². The Balaban J connectivity index is 1.51. The quantitative estimate of drug-likeness (QED) is 0.758. The van der Waals surface area contributed by atoms with Crippen LogP contribution in [0.5, 0.6) is 0 Å². The highest BCUT2D eigenvalue weighted by atomic mass is 19.1. The number of aromatic nitrogens is 2. The largest absolute Gasteiger partial charge is 0.442 e. The third-order valence-corrected chi connectivity index (χ3v) is 5.29. The van der Waals surface area contributed by atoms with Crippen LogP contribution < -0.4 is 10.2 Å². The lowest BCUT2D eigenvalue weighted by atomic mass is 10.0. The van der Waals surface area contributed by atoms with Crippen LogP contribution in [0.1, 0.15) is 12.5 Å². The van der Waals surface area contributed by atoms with Crippen LogP contribution in [0.15, 0.2) is 42.9 Å². The Labute approximate surface area is 159 Å². The number of hydrogen-bond acceptors (Lipinski definition) is 4. The lowest BCUT2D eigenvalue weighted by Crippen LogP contribution is -2.40. The van der Waals surface area contributed by atoms with Crippen molar-refractivity contribution in [3.63, 3.8) is 0 Å². The van der Waals surface area contributed by atoms with E-state index in [1.807, 2.05) is 18.3 Å². The number of halogens is 1. The maximum Gasteiger partial charge on any atom is 0.415 e. The molecule has 5 rings (SSSR count). The van der Waals surface area contributed by atoms with E-state index in [1.54, 1.807) is 23.0 Å². The highest BCUT2D eigenvalue weighted by Gasteiger charge is 2.47. The van der Waals surface area contributed by atoms with Crippen molar-refractivity contribution in [2.45, 2.75) is 25.5 Å². The van der Waals surface area contributed by atoms with E-state index in [9.17, 15) is 14.0 Å². The molecule has 1 aromatic carbocycles. The number of rotatable bonds is 3. The molecule has 0 unspecified atom stereocenters. The highest BCUT2D eigenvalue weighted by Crippen LogP contribution is 2.40. The zero-order valence-corrected chi connectivity index (χ0v) is 15.1. The summed E-state index contributed by atoms with van der Waals surface area (Å²) in [5, 5.41) is 3.60. The summed E-state index contributed by atoms with van der Waals surface area (Å²) in [7, 11) is 0. The molecular weight excluding hydrogens is 363 g/mol. The van der Waals surface area contributed by atoms with Crippen molar-refractivity contribution in [3.05, 3.63) is 54.2 Å². The van der Waals surface area contributed by atoms with Crippen LogP contribution in [-0.4, -0.2) is 40.2 Å². The van der Waals surface area contributed by atoms with Crippen molar-refractivity contribution in [2.24, 2.45) is 0 Å². The van der Waals surface area contributed by atoms with Crippen LogP contribution in [0, 0.1) is 5.82 Å². The van der Waals surface area contributed by atoms with Gasteiger partial charge in [-0.25, -0.2) is 9.18 Å². The van der Waals surface area contributed by atoms with Crippen molar-refractivity contribution in [2.75, 3.05) is 11.4 Å². The lowest BCUT2D eigenvalue weighted by Gasteiger charge is -2.16. The fraction of sp³-hybridized carbons (Fsp3) is 0.250. The minimum Gasteiger partial charge on any atom is -0.442 e. The van der Waals surface area contributed by atoms with Gasteiger partial charge in [-0.2, -0.15) is 0 Å². The summed E-state index contributed by atoms with van der Waals surface area (Å²) in [6.07, 6.45) is 4.87. The number of benzene rings is 1. The Morgan fingerprint density at radius 2 is 2.21 bits per heavy atom. The Morgan fingerprint density at radius 3 is 3.00 bits per heavy atom. The minimum atomic E-state index is -0.512. The number of cyclic esters (lactones) is 1. The normalized spacial score (nSPS) is 20.2. The number of pyridine rings is 1. The molecule has 3 aromatic rings. The topological polar surface area (TPSA) is 76.5 Å². The van der Waals surface area contributed by atoms with Gasteiger partial charge in [0.1, 0.15) is 11.9 Å². The molecule has 1 saturated heterocycles. The number of anilines is 1. The van der Waals surface area contributed by atoms with Crippen molar-refractivity contribution in [1.29, 1.82) is 0 Å². The van der Waals surface area contributed by atoms with Gasteiger partial charge < -0.3 is 14.6 Å². The van der Waals surface area contributed by atoms with Gasteiger partial charge in [-0.1, -0.05) is 0 Å². The molecule has 142 valence electrons. The molecule has 2 aromatic heterocycles. The first-order valence-electron chi connectivity index (χ1n) is 9.01. The van der Waals surface area contributed by atoms with Crippen molar-refractivity contribution < 1.29 is 18.7 Å². The first-order valence-corrected chi connectivity index (χ1v) is 9.01. The number of nitrogens with zero attached hydrogens (tertiary/aromatic N) is 3. The van der Waals surface area contributed by atoms with Crippen LogP contribution >= 0.6 is 0 Å². The third-order valence-electron chi connectivity index (χ3n) is 5.29. The number of nitrogens with one attached hydrogen (secondary N) is 1. The molecule has 0 spiro atoms. The average molecular weight is 380 g/mol. The Hall–Kier alpha value is -3.42. The molecule has 0 saturated carbocycles. The maximum absolute atomic E-state index is 14.9. The Kier molecular flexibility index (Phi) is 3.61. The first-order chi connectivity index (χ1) is 13.5. The maximum atomic E-state index is 14.9. The third kappa shape index (κ3) is 2.52. The molecule has 2 aliphatic rings. The zero-order valence-electron chi connectivity index (χ0n) is 15.1. The monoisotopic (exact) mass is 380 g/mol. The summed E-state index contributed by atoms with van der Waals surface area (Å²) in [6.45, 7) is 1.65. The number of hydrogen-bond donors (Lipinski definition) is 1. The van der Waals surface area contributed by atoms with E-state index in [-0.39, 0.29) is 18.5 Å². The molecule has 1 fully saturated rings. The predicted molar refractivity (Wildman–Crippen MR) is 100.0 cm³/mol. The molecule has 2 atom stereocenters. The number of carbonyl (C=O) groups excluding carboxylic acids is 2. The van der Waals surface area contributed by atoms with Gasteiger partial charge in [0.25, 0.3) is 0 Å². The van der Waals surface area contributed by atoms with E-state index >= 15 is 0 Å². The van der Waals surface area contributed by atoms with Crippen LogP contribution in [0.25, 0.3) is 16.6 Å². The average Bonchev–Trinajstić information content (AvgIpc) is 3.32. The molecule has 2 aliphatic heterocycles. The summed E-state index contributed by atoms with van der Waals surface area (Å²) >= 11 is 0. The van der Waals surface area contributed by atoms with Crippen molar-refractivity contribution in [1.82, 2.24) is 14.9 Å². The van der Waals surface area contributed by atoms with Crippen LogP contribution in [0.3, 0.4) is 0 Å². The molecule has 7 nitrogen and oxygen atoms in total. The van der Waals surface area contributed by atoms with Gasteiger partial charge in [0.15, 0.2) is 0 Å². The second kappa shape index (κ2) is 6.05. The smallest absolute Gasteiger partial charge is 0.415 e. The van der Waals surface area contributed by atoms with Gasteiger partial charge in [0, 0.05) is 37.0 Å². The molecule has 4 heterocycles. The molecule has 28 heavy (non-hydrogen) atoms. The lowest BCUT2D eigenvalue weighted by molar-refractivity contribution is -0.119. The number of amides is 2. The van der Waals surface area contributed by atoms with Gasteiger partial charge in [-0.05, 0) is 30.2 Å². The Bertz CT molecular complexity index is 1090. The molecule has 1 N–H and O–H groups in total. The standard InChI is InChI=1S/C20H17FN4O3/c1-11(26)23-8-19-18-6-13-5-17(14(21)7-16(13)25(18)20(27)28-19)24-9-12-3-2-4-22-15(12)10-24/h2-5,7,9-10,18-19H,6,8H2,1H3,(H,23,26)/t18-,19-/m0/s1. The first kappa shape index (κ1) is 16.7. The summed E-state index contributed by atoms with van der Waals surface area (Å²) in [4.78, 5) is 29.3. The number of ether oxygens (including phenoxy) is 1. The molecule has 0 bridgehead atoms. The summed E-state index contributed by atoms with van der Waals surface area (Å²) in [6, 6.07) is 6.65. The molecule has 8 heteroatoms. The van der Waals surface area contributed by atoms with E-state index < -0.39 is 18.0 Å². The van der Waals surface area contributed by atoms with E-state index in [0.717, 1.165) is 16.5 Å². The highest BCUT2D eigenvalue weighted by molar-refractivity contribution is 5.94. The fourth-order valence-electron chi connectivity index (χ4n) is 4.00. The Morgan fingerprint density at radius 1 is 1.36 bits per heavy atom. The predicted octanol–water partition coefficient (Wildman–Crippen LogP) is 2.55. The number of fused-ring (bicyclic) bond motifs is 4. The van der Waals surface area contributed by atoms with Gasteiger partial charge in [-0.3, -0.25) is 14.7 Å². The van der Waals surface area contributed by atoms with Gasteiger partial charge in [0.2, 0.25) is 5.91 Å². The van der Waals surface area contributed by atoms with Crippen LogP contribution in [0.2, 0.25) is 0 Å². The SMILES string of the molecule is CC(=O)NC[C@@H]1OC(=O)N2c3cc(F)c(-n4cc5cccnc5c4)cc3C[C@@H]12. The van der Waals surface area contributed by atoms with E-state index in [0.29, 0.717) is 17.8 Å². The van der Waals surface area contributed by atoms with E-state index in [4.69, 9.17) is 4.74 Å².